The molecule has 0 aliphatic heterocycles. The molecule has 0 heterocycles. The van der Waals surface area contributed by atoms with Gasteiger partial charge < -0.3 is 0 Å². The zero-order chi connectivity index (χ0) is 24.0. The van der Waals surface area contributed by atoms with Crippen molar-refractivity contribution < 1.29 is 57.1 Å². The van der Waals surface area contributed by atoms with E-state index in [1.807, 2.05) is 0 Å². The van der Waals surface area contributed by atoms with Gasteiger partial charge in [-0.25, -0.2) is 48.3 Å². The highest BCUT2D eigenvalue weighted by Crippen LogP contribution is 2.52. The standard InChI is InChI=1S/C19F13/c20-7-2-1(6-11(24)17(30)19(32)18(31)12(6)25)3-5(4(2)9(22)15(28)13(7)26)10(23)16(29)14(27)8(3)21/q-1. The van der Waals surface area contributed by atoms with Gasteiger partial charge in [0.1, 0.15) is 0 Å². The predicted molar refractivity (Wildman–Crippen MR) is 81.1 cm³/mol. The molecule has 0 bridgehead atoms. The molecule has 0 N–H and O–H groups in total. The summed E-state index contributed by atoms with van der Waals surface area (Å²) in [7, 11) is 0. The van der Waals surface area contributed by atoms with Crippen molar-refractivity contribution in [3.05, 3.63) is 75.6 Å². The van der Waals surface area contributed by atoms with E-state index in [1.54, 1.807) is 0 Å². The van der Waals surface area contributed by atoms with E-state index in [-0.39, 0.29) is 0 Å². The first-order valence-electron chi connectivity index (χ1n) is 7.96. The number of hydrogen-bond acceptors (Lipinski definition) is 0. The van der Waals surface area contributed by atoms with E-state index in [1.165, 1.54) is 0 Å². The van der Waals surface area contributed by atoms with Crippen LogP contribution in [-0.2, 0) is 0 Å². The van der Waals surface area contributed by atoms with Crippen LogP contribution in [0.1, 0.15) is 0 Å². The van der Waals surface area contributed by atoms with Crippen molar-refractivity contribution in [3.63, 3.8) is 0 Å². The van der Waals surface area contributed by atoms with Crippen molar-refractivity contribution in [3.8, 4) is 22.3 Å². The molecule has 0 fully saturated rings. The monoisotopic (exact) mass is 475 g/mol. The molecule has 32 heavy (non-hydrogen) atoms. The van der Waals surface area contributed by atoms with Gasteiger partial charge in [-0.05, 0) is 10.9 Å². The van der Waals surface area contributed by atoms with Crippen LogP contribution < -0.4 is 0 Å². The van der Waals surface area contributed by atoms with Gasteiger partial charge in [0, 0.05) is 5.39 Å². The lowest BCUT2D eigenvalue weighted by atomic mass is 9.96. The summed E-state index contributed by atoms with van der Waals surface area (Å²) in [5.74, 6) is -34.8. The van der Waals surface area contributed by atoms with Crippen molar-refractivity contribution in [2.24, 2.45) is 0 Å². The van der Waals surface area contributed by atoms with Crippen LogP contribution in [0.3, 0.4) is 0 Å². The Balaban J connectivity index is 2.46. The molecule has 0 radical (unpaired) electrons. The molecule has 2 aliphatic rings. The van der Waals surface area contributed by atoms with E-state index in [0.29, 0.717) is 0 Å². The Kier molecular flexibility index (Phi) is 4.65. The van der Waals surface area contributed by atoms with Gasteiger partial charge in [-0.2, -0.15) is 0 Å². The van der Waals surface area contributed by atoms with E-state index in [4.69, 9.17) is 0 Å². The van der Waals surface area contributed by atoms with Crippen molar-refractivity contribution in [1.29, 1.82) is 0 Å². The number of halogens is 13. The highest BCUT2D eigenvalue weighted by Gasteiger charge is 2.36. The highest BCUT2D eigenvalue weighted by molar-refractivity contribution is 6.15. The molecule has 4 rings (SSSR count). The first-order valence-corrected chi connectivity index (χ1v) is 7.96. The SMILES string of the molecule is Fc1c(F)c(F)c(-c2c3c(F)c(F)[c-](F)c(F)c-3c3c(F)c(F)c(F)c(F)c23)c(F)c1F. The van der Waals surface area contributed by atoms with Crippen LogP contribution in [0.25, 0.3) is 33.0 Å². The lowest BCUT2D eigenvalue weighted by Crippen LogP contribution is -2.06. The normalized spacial score (nSPS) is 11.9. The fourth-order valence-corrected chi connectivity index (χ4v) is 3.40. The Hall–Kier alpha value is -3.38. The van der Waals surface area contributed by atoms with Gasteiger partial charge in [0.15, 0.2) is 46.5 Å². The fraction of sp³-hybridized carbons (Fsp3) is 0. The molecule has 0 nitrogen and oxygen atoms in total. The molecule has 0 spiro atoms. The smallest absolute Gasteiger partial charge is 0.200 e. The number of hydrogen-bond donors (Lipinski definition) is 0. The van der Waals surface area contributed by atoms with Gasteiger partial charge >= 0.3 is 0 Å². The largest absolute Gasteiger partial charge is 0.281 e. The number of benzene rings is 3. The Morgan fingerprint density at radius 2 is 0.688 bits per heavy atom. The molecule has 0 saturated carbocycles. The second-order valence-corrected chi connectivity index (χ2v) is 6.33. The molecule has 0 aromatic heterocycles. The molecule has 2 aromatic carbocycles. The van der Waals surface area contributed by atoms with Crippen molar-refractivity contribution >= 4 is 10.8 Å². The molecular formula is C19F13-. The summed E-state index contributed by atoms with van der Waals surface area (Å²) in [6.45, 7) is 0. The molecule has 0 unspecified atom stereocenters. The maximum Gasteiger partial charge on any atom is 0.200 e. The zero-order valence-electron chi connectivity index (χ0n) is 14.4. The average Bonchev–Trinajstić information content (AvgIpc) is 3.12. The Morgan fingerprint density at radius 1 is 0.312 bits per heavy atom. The van der Waals surface area contributed by atoms with Crippen LogP contribution >= 0.6 is 0 Å². The van der Waals surface area contributed by atoms with Crippen molar-refractivity contribution in [2.75, 3.05) is 0 Å². The summed E-state index contributed by atoms with van der Waals surface area (Å²) in [5, 5.41) is -3.80. The topological polar surface area (TPSA) is 0 Å². The summed E-state index contributed by atoms with van der Waals surface area (Å²) >= 11 is 0. The van der Waals surface area contributed by atoms with Crippen LogP contribution in [0, 0.1) is 75.6 Å². The molecular weight excluding hydrogens is 475 g/mol. The third-order valence-corrected chi connectivity index (χ3v) is 4.74. The fourth-order valence-electron chi connectivity index (χ4n) is 3.40. The van der Waals surface area contributed by atoms with E-state index >= 15 is 0 Å². The minimum atomic E-state index is -2.78. The summed E-state index contributed by atoms with van der Waals surface area (Å²) in [6.07, 6.45) is 0. The maximum absolute atomic E-state index is 14.5. The van der Waals surface area contributed by atoms with E-state index < -0.39 is 109 Å². The minimum Gasteiger partial charge on any atom is -0.281 e. The highest BCUT2D eigenvalue weighted by atomic mass is 19.2. The van der Waals surface area contributed by atoms with E-state index in [2.05, 4.69) is 0 Å². The quantitative estimate of drug-likeness (QED) is 0.119. The molecule has 0 saturated heterocycles. The van der Waals surface area contributed by atoms with Gasteiger partial charge in [0.05, 0.1) is 28.8 Å². The van der Waals surface area contributed by atoms with Crippen LogP contribution in [-0.4, -0.2) is 0 Å². The van der Waals surface area contributed by atoms with Gasteiger partial charge in [0.2, 0.25) is 5.82 Å². The first kappa shape index (κ1) is 21.8. The summed E-state index contributed by atoms with van der Waals surface area (Å²) in [6, 6.07) is 0. The zero-order valence-corrected chi connectivity index (χ0v) is 14.4. The Bertz CT molecular complexity index is 1420. The third-order valence-electron chi connectivity index (χ3n) is 4.74. The first-order chi connectivity index (χ1) is 14.8. The van der Waals surface area contributed by atoms with Gasteiger partial charge in [0.25, 0.3) is 0 Å². The molecule has 168 valence electrons. The summed E-state index contributed by atoms with van der Waals surface area (Å²) < 4.78 is 182. The van der Waals surface area contributed by atoms with Crippen LogP contribution in [0.15, 0.2) is 0 Å². The Labute approximate surface area is 166 Å². The number of fused-ring (bicyclic) bond motifs is 3. The average molecular weight is 475 g/mol. The molecule has 0 atom stereocenters. The van der Waals surface area contributed by atoms with Crippen LogP contribution in [0.2, 0.25) is 0 Å². The lowest BCUT2D eigenvalue weighted by molar-refractivity contribution is 0.381. The summed E-state index contributed by atoms with van der Waals surface area (Å²) in [4.78, 5) is 0. The second kappa shape index (κ2) is 6.81. The van der Waals surface area contributed by atoms with Gasteiger partial charge in [-0.1, -0.05) is 11.1 Å². The van der Waals surface area contributed by atoms with Gasteiger partial charge in [-0.15, -0.1) is 0 Å². The van der Waals surface area contributed by atoms with Gasteiger partial charge in [-0.3, -0.25) is 8.78 Å². The molecule has 0 amide bonds. The minimum absolute atomic E-state index is 1.87. The molecule has 2 aromatic rings. The van der Waals surface area contributed by atoms with E-state index in [9.17, 15) is 57.1 Å². The third kappa shape index (κ3) is 2.44. The van der Waals surface area contributed by atoms with Crippen molar-refractivity contribution in [1.82, 2.24) is 0 Å². The van der Waals surface area contributed by atoms with Crippen LogP contribution in [0.4, 0.5) is 57.1 Å². The van der Waals surface area contributed by atoms with E-state index in [0.717, 1.165) is 0 Å². The second-order valence-electron chi connectivity index (χ2n) is 6.33. The number of rotatable bonds is 1. The maximum atomic E-state index is 14.5. The van der Waals surface area contributed by atoms with Crippen molar-refractivity contribution in [2.45, 2.75) is 0 Å². The van der Waals surface area contributed by atoms with Crippen LogP contribution in [0.5, 0.6) is 0 Å². The molecule has 13 heteroatoms. The molecule has 2 aliphatic carbocycles. The lowest BCUT2D eigenvalue weighted by Gasteiger charge is -2.19. The summed E-state index contributed by atoms with van der Waals surface area (Å²) in [5.41, 5.74) is -8.02. The predicted octanol–water partition coefficient (Wildman–Crippen LogP) is 7.14. The Morgan fingerprint density at radius 3 is 1.16 bits per heavy atom.